The molecular weight excluding hydrogens is 232 g/mol. The Morgan fingerprint density at radius 1 is 0.722 bits per heavy atom. The van der Waals surface area contributed by atoms with Crippen molar-refractivity contribution in [1.82, 2.24) is 0 Å². The highest BCUT2D eigenvalue weighted by Gasteiger charge is 2.02. The van der Waals surface area contributed by atoms with Gasteiger partial charge in [-0.15, -0.1) is 0 Å². The summed E-state index contributed by atoms with van der Waals surface area (Å²) in [6.07, 6.45) is 6.80. The first-order valence-corrected chi connectivity index (χ1v) is 7.18. The minimum Gasteiger partial charge on any atom is -0.434 e. The number of ether oxygens (including phenoxy) is 3. The van der Waals surface area contributed by atoms with Crippen LogP contribution in [0.1, 0.15) is 58.8 Å². The maximum absolute atomic E-state index is 11.1. The number of rotatable bonds is 12. The van der Waals surface area contributed by atoms with Gasteiger partial charge in [0.1, 0.15) is 0 Å². The van der Waals surface area contributed by atoms with Crippen molar-refractivity contribution in [3.8, 4) is 0 Å². The lowest BCUT2D eigenvalue weighted by molar-refractivity contribution is 0.0441. The zero-order chi connectivity index (χ0) is 13.5. The number of carbonyl (C=O) groups excluding carboxylic acids is 1. The largest absolute Gasteiger partial charge is 0.508 e. The van der Waals surface area contributed by atoms with E-state index in [0.29, 0.717) is 19.8 Å². The Kier molecular flexibility index (Phi) is 13.7. The summed E-state index contributed by atoms with van der Waals surface area (Å²) in [5.41, 5.74) is 0. The molecule has 18 heavy (non-hydrogen) atoms. The number of carbonyl (C=O) groups is 1. The summed E-state index contributed by atoms with van der Waals surface area (Å²) in [7, 11) is 0. The molecule has 0 bridgehead atoms. The molecule has 108 valence electrons. The summed E-state index contributed by atoms with van der Waals surface area (Å²) in [5.74, 6) is 0. The standard InChI is InChI=1S/C14H28O4/c1-3-5-7-8-12-17-14(15)18-13-9-11-16-10-6-4-2/h3-13H2,1-2H3. The van der Waals surface area contributed by atoms with Crippen LogP contribution in [-0.2, 0) is 14.2 Å². The SMILES string of the molecule is CCCCCCOC(=O)OCCCOCCCC. The van der Waals surface area contributed by atoms with Crippen LogP contribution in [0, 0.1) is 0 Å². The van der Waals surface area contributed by atoms with Crippen LogP contribution < -0.4 is 0 Å². The van der Waals surface area contributed by atoms with Gasteiger partial charge >= 0.3 is 6.16 Å². The molecule has 0 amide bonds. The molecule has 0 fully saturated rings. The first-order chi connectivity index (χ1) is 8.81. The zero-order valence-corrected chi connectivity index (χ0v) is 11.9. The van der Waals surface area contributed by atoms with E-state index in [4.69, 9.17) is 14.2 Å². The van der Waals surface area contributed by atoms with Crippen molar-refractivity contribution < 1.29 is 19.0 Å². The number of hydrogen-bond acceptors (Lipinski definition) is 4. The molecule has 4 nitrogen and oxygen atoms in total. The molecule has 0 atom stereocenters. The molecule has 0 saturated carbocycles. The highest BCUT2D eigenvalue weighted by Crippen LogP contribution is 2.00. The van der Waals surface area contributed by atoms with Crippen LogP contribution in [0.5, 0.6) is 0 Å². The first-order valence-electron chi connectivity index (χ1n) is 7.18. The van der Waals surface area contributed by atoms with E-state index in [0.717, 1.165) is 38.7 Å². The van der Waals surface area contributed by atoms with Crippen LogP contribution in [0.25, 0.3) is 0 Å². The molecule has 0 aromatic rings. The van der Waals surface area contributed by atoms with Crippen molar-refractivity contribution in [2.45, 2.75) is 58.8 Å². The maximum Gasteiger partial charge on any atom is 0.508 e. The van der Waals surface area contributed by atoms with Crippen molar-refractivity contribution in [2.75, 3.05) is 26.4 Å². The normalized spacial score (nSPS) is 10.3. The van der Waals surface area contributed by atoms with Crippen LogP contribution >= 0.6 is 0 Å². The minimum absolute atomic E-state index is 0.375. The highest BCUT2D eigenvalue weighted by molar-refractivity contribution is 5.59. The Hall–Kier alpha value is -0.770. The Bertz CT molecular complexity index is 183. The summed E-state index contributed by atoms with van der Waals surface area (Å²) in [5, 5.41) is 0. The fourth-order valence-corrected chi connectivity index (χ4v) is 1.39. The first kappa shape index (κ1) is 17.2. The molecule has 0 aromatic carbocycles. The van der Waals surface area contributed by atoms with Gasteiger partial charge in [0.15, 0.2) is 0 Å². The fraction of sp³-hybridized carbons (Fsp3) is 0.929. The van der Waals surface area contributed by atoms with E-state index in [1.165, 1.54) is 12.8 Å². The average molecular weight is 260 g/mol. The van der Waals surface area contributed by atoms with Crippen molar-refractivity contribution in [2.24, 2.45) is 0 Å². The second kappa shape index (κ2) is 14.3. The van der Waals surface area contributed by atoms with Gasteiger partial charge in [0.2, 0.25) is 0 Å². The van der Waals surface area contributed by atoms with Crippen molar-refractivity contribution in [3.05, 3.63) is 0 Å². The second-order valence-corrected chi connectivity index (χ2v) is 4.33. The molecule has 4 heteroatoms. The van der Waals surface area contributed by atoms with Gasteiger partial charge < -0.3 is 14.2 Å². The van der Waals surface area contributed by atoms with Crippen LogP contribution in [0.4, 0.5) is 4.79 Å². The summed E-state index contributed by atoms with van der Waals surface area (Å²) in [6.45, 7) is 6.55. The van der Waals surface area contributed by atoms with Gasteiger partial charge in [-0.3, -0.25) is 0 Å². The lowest BCUT2D eigenvalue weighted by Gasteiger charge is -2.06. The Morgan fingerprint density at radius 2 is 1.33 bits per heavy atom. The van der Waals surface area contributed by atoms with Crippen LogP contribution in [0.15, 0.2) is 0 Å². The number of hydrogen-bond donors (Lipinski definition) is 0. The average Bonchev–Trinajstić information content (AvgIpc) is 2.37. The molecule has 0 aliphatic heterocycles. The third kappa shape index (κ3) is 13.3. The lowest BCUT2D eigenvalue weighted by Crippen LogP contribution is -2.11. The van der Waals surface area contributed by atoms with E-state index in [9.17, 15) is 4.79 Å². The Morgan fingerprint density at radius 3 is 2.00 bits per heavy atom. The van der Waals surface area contributed by atoms with Gasteiger partial charge in [0, 0.05) is 19.6 Å². The van der Waals surface area contributed by atoms with Crippen LogP contribution in [0.2, 0.25) is 0 Å². The molecule has 0 unspecified atom stereocenters. The van der Waals surface area contributed by atoms with Gasteiger partial charge in [-0.2, -0.15) is 0 Å². The third-order valence-electron chi connectivity index (χ3n) is 2.51. The van der Waals surface area contributed by atoms with E-state index in [1.54, 1.807) is 0 Å². The monoisotopic (exact) mass is 260 g/mol. The van der Waals surface area contributed by atoms with Gasteiger partial charge in [0.05, 0.1) is 13.2 Å². The summed E-state index contributed by atoms with van der Waals surface area (Å²) in [4.78, 5) is 11.1. The highest BCUT2D eigenvalue weighted by atomic mass is 16.7. The van der Waals surface area contributed by atoms with E-state index < -0.39 is 6.16 Å². The van der Waals surface area contributed by atoms with Gasteiger partial charge in [-0.25, -0.2) is 4.79 Å². The fourth-order valence-electron chi connectivity index (χ4n) is 1.39. The van der Waals surface area contributed by atoms with Crippen LogP contribution in [0.3, 0.4) is 0 Å². The van der Waals surface area contributed by atoms with Gasteiger partial charge in [0.25, 0.3) is 0 Å². The summed E-state index contributed by atoms with van der Waals surface area (Å²) >= 11 is 0. The van der Waals surface area contributed by atoms with Crippen molar-refractivity contribution in [3.63, 3.8) is 0 Å². The molecule has 0 aliphatic carbocycles. The Labute approximate surface area is 111 Å². The van der Waals surface area contributed by atoms with E-state index >= 15 is 0 Å². The molecule has 0 aromatic heterocycles. The number of unbranched alkanes of at least 4 members (excludes halogenated alkanes) is 4. The summed E-state index contributed by atoms with van der Waals surface area (Å²) in [6, 6.07) is 0. The molecule has 0 aliphatic rings. The molecule has 0 saturated heterocycles. The topological polar surface area (TPSA) is 44.8 Å². The van der Waals surface area contributed by atoms with Crippen molar-refractivity contribution in [1.29, 1.82) is 0 Å². The van der Waals surface area contributed by atoms with Crippen molar-refractivity contribution >= 4 is 6.16 Å². The quantitative estimate of drug-likeness (QED) is 0.394. The Balaban J connectivity index is 3.12. The van der Waals surface area contributed by atoms with E-state index in [2.05, 4.69) is 13.8 Å². The van der Waals surface area contributed by atoms with Gasteiger partial charge in [-0.1, -0.05) is 39.5 Å². The molecule has 0 spiro atoms. The lowest BCUT2D eigenvalue weighted by atomic mass is 10.2. The van der Waals surface area contributed by atoms with Crippen LogP contribution in [-0.4, -0.2) is 32.6 Å². The molecule has 0 heterocycles. The zero-order valence-electron chi connectivity index (χ0n) is 11.9. The molecule has 0 radical (unpaired) electrons. The van der Waals surface area contributed by atoms with E-state index in [-0.39, 0.29) is 0 Å². The summed E-state index contributed by atoms with van der Waals surface area (Å²) < 4.78 is 15.2. The second-order valence-electron chi connectivity index (χ2n) is 4.33. The van der Waals surface area contributed by atoms with Gasteiger partial charge in [-0.05, 0) is 12.8 Å². The predicted molar refractivity (Wildman–Crippen MR) is 71.8 cm³/mol. The third-order valence-corrected chi connectivity index (χ3v) is 2.51. The maximum atomic E-state index is 11.1. The van der Waals surface area contributed by atoms with E-state index in [1.807, 2.05) is 0 Å². The predicted octanol–water partition coefficient (Wildman–Crippen LogP) is 3.93. The minimum atomic E-state index is -0.556. The molecule has 0 N–H and O–H groups in total. The molecular formula is C14H28O4. The molecule has 0 rings (SSSR count). The smallest absolute Gasteiger partial charge is 0.434 e.